The lowest BCUT2D eigenvalue weighted by Crippen LogP contribution is -2.17. The Kier molecular flexibility index (Phi) is 6.96. The van der Waals surface area contributed by atoms with Gasteiger partial charge >= 0.3 is 6.36 Å². The first-order chi connectivity index (χ1) is 17.1. The van der Waals surface area contributed by atoms with Crippen LogP contribution in [0.1, 0.15) is 5.76 Å². The van der Waals surface area contributed by atoms with Crippen molar-refractivity contribution in [3.8, 4) is 22.7 Å². The third-order valence-corrected chi connectivity index (χ3v) is 5.59. The number of nitrogens with one attached hydrogen (secondary N) is 1. The second-order valence-electron chi connectivity index (χ2n) is 7.27. The third-order valence-electron chi connectivity index (χ3n) is 4.64. The van der Waals surface area contributed by atoms with Crippen molar-refractivity contribution >= 4 is 29.2 Å². The number of rotatable bonds is 8. The van der Waals surface area contributed by atoms with E-state index in [-0.39, 0.29) is 17.3 Å². The van der Waals surface area contributed by atoms with Gasteiger partial charge in [0.25, 0.3) is 5.69 Å². The summed E-state index contributed by atoms with van der Waals surface area (Å²) < 4.78 is 48.1. The fraction of sp³-hybridized carbons (Fsp3) is 0.136. The molecular weight excluding hydrogens is 503 g/mol. The van der Waals surface area contributed by atoms with Crippen LogP contribution >= 0.6 is 11.8 Å². The van der Waals surface area contributed by atoms with Gasteiger partial charge in [-0.1, -0.05) is 29.1 Å². The molecule has 4 rings (SSSR count). The zero-order chi connectivity index (χ0) is 25.9. The summed E-state index contributed by atoms with van der Waals surface area (Å²) in [6.07, 6.45) is -3.39. The van der Waals surface area contributed by atoms with Gasteiger partial charge in [-0.2, -0.15) is 0 Å². The Bertz CT molecular complexity index is 1400. The van der Waals surface area contributed by atoms with Gasteiger partial charge in [-0.15, -0.1) is 13.2 Å². The van der Waals surface area contributed by atoms with E-state index in [0.717, 1.165) is 23.9 Å². The van der Waals surface area contributed by atoms with Crippen LogP contribution < -0.4 is 10.1 Å². The highest BCUT2D eigenvalue weighted by molar-refractivity contribution is 7.99. The molecule has 2 heterocycles. The number of imidazole rings is 1. The Balaban J connectivity index is 1.65. The van der Waals surface area contributed by atoms with Crippen molar-refractivity contribution in [2.45, 2.75) is 18.4 Å². The molecule has 1 amide bonds. The van der Waals surface area contributed by atoms with Gasteiger partial charge in [-0.05, 0) is 31.2 Å². The molecule has 1 N–H and O–H groups in total. The van der Waals surface area contributed by atoms with Crippen LogP contribution in [0, 0.1) is 17.0 Å². The summed E-state index contributed by atoms with van der Waals surface area (Å²) in [5, 5.41) is 17.8. The molecule has 186 valence electrons. The number of nitro groups is 1. The zero-order valence-electron chi connectivity index (χ0n) is 18.4. The summed E-state index contributed by atoms with van der Waals surface area (Å²) >= 11 is 1.05. The van der Waals surface area contributed by atoms with E-state index in [9.17, 15) is 28.1 Å². The van der Waals surface area contributed by atoms with Gasteiger partial charge in [0, 0.05) is 29.4 Å². The third kappa shape index (κ3) is 6.02. The molecule has 0 bridgehead atoms. The largest absolute Gasteiger partial charge is 0.573 e. The number of carbonyl (C=O) groups is 1. The van der Waals surface area contributed by atoms with Crippen molar-refractivity contribution in [2.24, 2.45) is 0 Å². The highest BCUT2D eigenvalue weighted by Gasteiger charge is 2.31. The van der Waals surface area contributed by atoms with E-state index in [1.807, 2.05) is 0 Å². The Hall–Kier alpha value is -4.33. The lowest BCUT2D eigenvalue weighted by Gasteiger charge is -2.14. The average Bonchev–Trinajstić information content (AvgIpc) is 3.43. The summed E-state index contributed by atoms with van der Waals surface area (Å²) in [6, 6.07) is 12.4. The zero-order valence-corrected chi connectivity index (χ0v) is 19.2. The van der Waals surface area contributed by atoms with E-state index < -0.39 is 22.9 Å². The molecule has 0 aliphatic rings. The molecule has 0 atom stereocenters. The smallest absolute Gasteiger partial charge is 0.406 e. The van der Waals surface area contributed by atoms with Gasteiger partial charge in [0.15, 0.2) is 11.0 Å². The number of anilines is 1. The van der Waals surface area contributed by atoms with E-state index >= 15 is 0 Å². The number of hydrogen-bond donors (Lipinski definition) is 1. The topological polar surface area (TPSA) is 125 Å². The molecule has 10 nitrogen and oxygen atoms in total. The molecule has 0 fully saturated rings. The lowest BCUT2D eigenvalue weighted by molar-refractivity contribution is -0.384. The molecule has 0 spiro atoms. The molecule has 2 aromatic carbocycles. The standard InChI is InChI=1S/C22H16F3N5O5S/c1-13-9-19(28-35-13)27-20(31)12-36-21-26-11-18(14-3-2-4-16(10-14)30(32)33)29(21)15-5-7-17(8-6-15)34-22(23,24)25/h2-11H,12H2,1H3,(H,27,28,31). The summed E-state index contributed by atoms with van der Waals surface area (Å²) in [5.41, 5.74) is 1.13. The number of ether oxygens (including phenoxy) is 1. The Labute approximate surface area is 205 Å². The molecule has 36 heavy (non-hydrogen) atoms. The van der Waals surface area contributed by atoms with E-state index in [1.54, 1.807) is 23.6 Å². The minimum atomic E-state index is -4.85. The predicted molar refractivity (Wildman–Crippen MR) is 123 cm³/mol. The number of amides is 1. The van der Waals surface area contributed by atoms with Crippen molar-refractivity contribution in [3.05, 3.63) is 76.7 Å². The average molecular weight is 519 g/mol. The maximum Gasteiger partial charge on any atom is 0.573 e. The van der Waals surface area contributed by atoms with Crippen LogP contribution in [0.4, 0.5) is 24.7 Å². The first-order valence-corrected chi connectivity index (χ1v) is 11.1. The highest BCUT2D eigenvalue weighted by Crippen LogP contribution is 2.33. The van der Waals surface area contributed by atoms with E-state index in [4.69, 9.17) is 4.52 Å². The van der Waals surface area contributed by atoms with Crippen molar-refractivity contribution in [3.63, 3.8) is 0 Å². The van der Waals surface area contributed by atoms with Crippen molar-refractivity contribution in [2.75, 3.05) is 11.1 Å². The van der Waals surface area contributed by atoms with Crippen LogP contribution in [-0.2, 0) is 4.79 Å². The van der Waals surface area contributed by atoms with Crippen LogP contribution in [0.15, 0.2) is 70.5 Å². The molecule has 0 radical (unpaired) electrons. The number of carbonyl (C=O) groups excluding carboxylic acids is 1. The first-order valence-electron chi connectivity index (χ1n) is 10.1. The minimum Gasteiger partial charge on any atom is -0.406 e. The maximum absolute atomic E-state index is 12.6. The summed E-state index contributed by atoms with van der Waals surface area (Å²) in [4.78, 5) is 27.4. The first kappa shape index (κ1) is 24.8. The van der Waals surface area contributed by atoms with E-state index in [1.165, 1.54) is 36.5 Å². The number of hydrogen-bond acceptors (Lipinski definition) is 8. The lowest BCUT2D eigenvalue weighted by atomic mass is 10.1. The van der Waals surface area contributed by atoms with Gasteiger partial charge in [0.1, 0.15) is 11.5 Å². The number of non-ortho nitro benzene ring substituents is 1. The number of halogens is 3. The maximum atomic E-state index is 12.6. The minimum absolute atomic E-state index is 0.0768. The number of aryl methyl sites for hydroxylation is 1. The van der Waals surface area contributed by atoms with Crippen LogP contribution in [0.25, 0.3) is 16.9 Å². The molecule has 2 aromatic heterocycles. The monoisotopic (exact) mass is 519 g/mol. The highest BCUT2D eigenvalue weighted by atomic mass is 32.2. The molecule has 14 heteroatoms. The second-order valence-corrected chi connectivity index (χ2v) is 8.21. The van der Waals surface area contributed by atoms with Crippen molar-refractivity contribution < 1.29 is 32.1 Å². The van der Waals surface area contributed by atoms with Crippen molar-refractivity contribution in [1.82, 2.24) is 14.7 Å². The van der Waals surface area contributed by atoms with Crippen LogP contribution in [0.5, 0.6) is 5.75 Å². The van der Waals surface area contributed by atoms with Gasteiger partial charge in [0.05, 0.1) is 22.6 Å². The molecule has 0 saturated heterocycles. The van der Waals surface area contributed by atoms with Crippen molar-refractivity contribution in [1.29, 1.82) is 0 Å². The van der Waals surface area contributed by atoms with E-state index in [2.05, 4.69) is 20.2 Å². The molecule has 0 saturated carbocycles. The summed E-state index contributed by atoms with van der Waals surface area (Å²) in [5.74, 6) is -0.118. The van der Waals surface area contributed by atoms with Gasteiger partial charge in [0.2, 0.25) is 5.91 Å². The Morgan fingerprint density at radius 2 is 1.97 bits per heavy atom. The molecule has 0 aliphatic heterocycles. The SMILES string of the molecule is Cc1cc(NC(=O)CSc2ncc(-c3cccc([N+](=O)[O-])c3)n2-c2ccc(OC(F)(F)F)cc2)no1. The van der Waals surface area contributed by atoms with Gasteiger partial charge < -0.3 is 14.6 Å². The predicted octanol–water partition coefficient (Wildman–Crippen LogP) is 5.37. The molecular formula is C22H16F3N5O5S. The Morgan fingerprint density at radius 1 is 1.22 bits per heavy atom. The molecule has 4 aromatic rings. The number of nitrogens with zero attached hydrogens (tertiary/aromatic N) is 4. The number of benzene rings is 2. The molecule has 0 unspecified atom stereocenters. The number of nitro benzene ring substituents is 1. The summed E-state index contributed by atoms with van der Waals surface area (Å²) in [7, 11) is 0. The van der Waals surface area contributed by atoms with Gasteiger partial charge in [-0.3, -0.25) is 19.5 Å². The summed E-state index contributed by atoms with van der Waals surface area (Å²) in [6.45, 7) is 1.68. The molecule has 0 aliphatic carbocycles. The second kappa shape index (κ2) is 10.1. The Morgan fingerprint density at radius 3 is 2.61 bits per heavy atom. The fourth-order valence-corrected chi connectivity index (χ4v) is 3.99. The van der Waals surface area contributed by atoms with Crippen LogP contribution in [0.2, 0.25) is 0 Å². The van der Waals surface area contributed by atoms with Gasteiger partial charge in [-0.25, -0.2) is 4.98 Å². The number of aromatic nitrogens is 3. The number of alkyl halides is 3. The quantitative estimate of drug-likeness (QED) is 0.187. The van der Waals surface area contributed by atoms with Crippen LogP contribution in [0.3, 0.4) is 0 Å². The number of thioether (sulfide) groups is 1. The van der Waals surface area contributed by atoms with E-state index in [0.29, 0.717) is 27.9 Å². The van der Waals surface area contributed by atoms with Crippen LogP contribution in [-0.4, -0.2) is 37.7 Å². The normalized spacial score (nSPS) is 11.3. The fourth-order valence-electron chi connectivity index (χ4n) is 3.20.